The minimum Gasteiger partial charge on any atom is -0.500 e. The van der Waals surface area contributed by atoms with Gasteiger partial charge in [0.1, 0.15) is 23.3 Å². The fourth-order valence-electron chi connectivity index (χ4n) is 10.9. The summed E-state index contributed by atoms with van der Waals surface area (Å²) in [5, 5.41) is 3.35. The van der Waals surface area contributed by atoms with Crippen molar-refractivity contribution in [3.8, 4) is 28.1 Å². The largest absolute Gasteiger partial charge is 0.500 e. The van der Waals surface area contributed by atoms with Crippen LogP contribution in [-0.4, -0.2) is 24.1 Å². The van der Waals surface area contributed by atoms with Gasteiger partial charge in [-0.3, -0.25) is 0 Å². The van der Waals surface area contributed by atoms with Crippen molar-refractivity contribution in [3.05, 3.63) is 162 Å². The van der Waals surface area contributed by atoms with E-state index in [1.165, 1.54) is 66.1 Å². The van der Waals surface area contributed by atoms with Crippen LogP contribution < -0.4 is 9.92 Å². The molecule has 2 bridgehead atoms. The summed E-state index contributed by atoms with van der Waals surface area (Å²) in [4.78, 5) is 9.63. The van der Waals surface area contributed by atoms with Crippen molar-refractivity contribution in [2.45, 2.75) is 97.4 Å². The molecule has 3 saturated carbocycles. The summed E-state index contributed by atoms with van der Waals surface area (Å²) in [6.07, 6.45) is 20.9. The fraction of sp³-hybridized carbons (Fsp3) is 0.333. The van der Waals surface area contributed by atoms with Crippen LogP contribution in [0.3, 0.4) is 0 Å². The molecular weight excluding hydrogens is 984 g/mol. The third-order valence-corrected chi connectivity index (χ3v) is 15.9. The molecule has 4 aliphatic carbocycles. The van der Waals surface area contributed by atoms with E-state index in [1.54, 1.807) is 0 Å². The summed E-state index contributed by atoms with van der Waals surface area (Å²) in [5.41, 5.74) is 11.4. The van der Waals surface area contributed by atoms with E-state index >= 15 is 0 Å². The SMILES string of the molecule is CC(C)(C)Cc1cc(C2=[C-]C=CC3c4ccccc4OC23)ncc1[Si](C)(C)C.Fc1ccc2c(c1)oc1c(-c3cc(CC4CC5CCC4CC5)ccn3)[c-]cc(-c3ccccc3)c12.[Ir]. The Morgan fingerprint density at radius 3 is 2.39 bits per heavy atom. The Labute approximate surface area is 392 Å². The minimum atomic E-state index is -1.47. The minimum absolute atomic E-state index is 0. The van der Waals surface area contributed by atoms with E-state index in [0.717, 1.165) is 80.8 Å². The number of allylic oxidation sites excluding steroid dienone is 2. The third-order valence-electron chi connectivity index (χ3n) is 13.8. The Bertz CT molecular complexity index is 2880. The van der Waals surface area contributed by atoms with Gasteiger partial charge in [0.05, 0.1) is 13.7 Å². The Morgan fingerprint density at radius 1 is 0.859 bits per heavy atom. The van der Waals surface area contributed by atoms with Crippen LogP contribution in [0.4, 0.5) is 4.39 Å². The number of furan rings is 1. The van der Waals surface area contributed by atoms with E-state index in [1.807, 2.05) is 48.7 Å². The molecule has 3 atom stereocenters. The van der Waals surface area contributed by atoms with Crippen LogP contribution in [0.15, 0.2) is 126 Å². The Kier molecular flexibility index (Phi) is 12.3. The summed E-state index contributed by atoms with van der Waals surface area (Å²) < 4.78 is 26.7. The molecule has 0 spiro atoms. The van der Waals surface area contributed by atoms with Crippen LogP contribution in [0.25, 0.3) is 49.9 Å². The molecule has 7 heteroatoms. The zero-order valence-electron chi connectivity index (χ0n) is 37.8. The number of fused-ring (bicyclic) bond motifs is 9. The van der Waals surface area contributed by atoms with Gasteiger partial charge in [-0.25, -0.2) is 4.39 Å². The predicted molar refractivity (Wildman–Crippen MR) is 258 cm³/mol. The van der Waals surface area contributed by atoms with E-state index in [2.05, 4.69) is 113 Å². The second-order valence-corrected chi connectivity index (χ2v) is 25.7. The van der Waals surface area contributed by atoms with Crippen LogP contribution in [0, 0.1) is 41.1 Å². The summed E-state index contributed by atoms with van der Waals surface area (Å²) in [5.74, 6) is 3.53. The average Bonchev–Trinajstić information content (AvgIpc) is 3.85. The normalized spacial score (nSPS) is 21.0. The topological polar surface area (TPSA) is 48.2 Å². The first-order chi connectivity index (χ1) is 30.4. The van der Waals surface area contributed by atoms with Gasteiger partial charge in [0.25, 0.3) is 0 Å². The molecule has 5 aliphatic rings. The molecule has 4 heterocycles. The van der Waals surface area contributed by atoms with Gasteiger partial charge < -0.3 is 19.1 Å². The maximum Gasteiger partial charge on any atom is 0.126 e. The molecule has 1 aliphatic heterocycles. The smallest absolute Gasteiger partial charge is 0.126 e. The monoisotopic (exact) mass is 1040 g/mol. The zero-order chi connectivity index (χ0) is 43.5. The van der Waals surface area contributed by atoms with E-state index in [4.69, 9.17) is 19.1 Å². The Hall–Kier alpha value is -4.94. The van der Waals surface area contributed by atoms with Gasteiger partial charge in [-0.05, 0) is 107 Å². The van der Waals surface area contributed by atoms with Gasteiger partial charge in [0.15, 0.2) is 0 Å². The third kappa shape index (κ3) is 8.88. The zero-order valence-corrected chi connectivity index (χ0v) is 41.2. The fourth-order valence-corrected chi connectivity index (χ4v) is 12.5. The second-order valence-electron chi connectivity index (χ2n) is 20.7. The van der Waals surface area contributed by atoms with Crippen molar-refractivity contribution in [1.82, 2.24) is 9.97 Å². The molecule has 329 valence electrons. The van der Waals surface area contributed by atoms with Crippen molar-refractivity contribution >= 4 is 40.8 Å². The number of aromatic nitrogens is 2. The molecule has 3 fully saturated rings. The molecule has 3 aromatic heterocycles. The van der Waals surface area contributed by atoms with Crippen molar-refractivity contribution < 1.29 is 33.6 Å². The number of benzene rings is 4. The molecular formula is C57H57FIrN2O2Si-2. The number of rotatable bonds is 7. The van der Waals surface area contributed by atoms with Gasteiger partial charge in [-0.15, -0.1) is 12.1 Å². The molecule has 0 N–H and O–H groups in total. The van der Waals surface area contributed by atoms with Gasteiger partial charge in [0, 0.05) is 49.9 Å². The predicted octanol–water partition coefficient (Wildman–Crippen LogP) is 14.1. The van der Waals surface area contributed by atoms with E-state index < -0.39 is 8.07 Å². The molecule has 0 amide bonds. The first kappa shape index (κ1) is 44.3. The van der Waals surface area contributed by atoms with Crippen LogP contribution in [0.5, 0.6) is 5.75 Å². The number of halogens is 1. The number of hydrogen-bond acceptors (Lipinski definition) is 4. The number of nitrogens with zero attached hydrogens (tertiary/aromatic N) is 2. The Balaban J connectivity index is 0.000000164. The molecule has 1 radical (unpaired) electrons. The molecule has 4 aromatic carbocycles. The van der Waals surface area contributed by atoms with E-state index in [0.29, 0.717) is 11.2 Å². The van der Waals surface area contributed by atoms with Crippen molar-refractivity contribution in [1.29, 1.82) is 0 Å². The second kappa shape index (κ2) is 17.8. The van der Waals surface area contributed by atoms with Gasteiger partial charge >= 0.3 is 0 Å². The summed E-state index contributed by atoms with van der Waals surface area (Å²) in [7, 11) is -1.47. The quantitative estimate of drug-likeness (QED) is 0.118. The van der Waals surface area contributed by atoms with Crippen molar-refractivity contribution in [3.63, 3.8) is 0 Å². The van der Waals surface area contributed by atoms with Gasteiger partial charge in [0.2, 0.25) is 0 Å². The first-order valence-electron chi connectivity index (χ1n) is 23.0. The number of hydrogen-bond donors (Lipinski definition) is 0. The molecule has 4 nitrogen and oxygen atoms in total. The average molecular weight is 1040 g/mol. The van der Waals surface area contributed by atoms with Crippen molar-refractivity contribution in [2.24, 2.45) is 23.2 Å². The van der Waals surface area contributed by atoms with Crippen LogP contribution in [-0.2, 0) is 32.9 Å². The first-order valence-corrected chi connectivity index (χ1v) is 26.5. The van der Waals surface area contributed by atoms with Crippen molar-refractivity contribution in [2.75, 3.05) is 0 Å². The molecule has 0 saturated heterocycles. The van der Waals surface area contributed by atoms with Crippen LogP contribution >= 0.6 is 0 Å². The number of ether oxygens (including phenoxy) is 1. The Morgan fingerprint density at radius 2 is 1.64 bits per heavy atom. The number of pyridine rings is 2. The van der Waals surface area contributed by atoms with E-state index in [-0.39, 0.29) is 43.4 Å². The molecule has 12 rings (SSSR count). The number of para-hydroxylation sites is 1. The summed E-state index contributed by atoms with van der Waals surface area (Å²) in [6.45, 7) is 14.1. The van der Waals surface area contributed by atoms with Crippen LogP contribution in [0.2, 0.25) is 19.6 Å². The van der Waals surface area contributed by atoms with Gasteiger partial charge in [-0.2, -0.15) is 18.2 Å². The summed E-state index contributed by atoms with van der Waals surface area (Å²) >= 11 is 0. The standard InChI is InChI=1S/C32H27FNO.C25H30NOSi.Ir/c33-25-10-11-28-30(19-25)35-32-27(13-12-26(31(28)32)23-4-2-1-3-5-23)29-18-21(14-15-34-29)17-24-16-20-6-8-22(24)9-7-20;1-25(2,3)15-17-14-21(26-16-23(17)28(4,5)6)20-12-9-11-19-18-10-7-8-13-22(18)27-24(19)20;/h1-5,10-12,14-15,18-20,22,24H,6-9,16-17H2;7-11,13-14,16,19,24H,15H2,1-6H3;/q2*-1;. The molecule has 7 aromatic rings. The maximum absolute atomic E-state index is 14.1. The van der Waals surface area contributed by atoms with Crippen LogP contribution in [0.1, 0.15) is 81.2 Å². The van der Waals surface area contributed by atoms with E-state index in [9.17, 15) is 4.39 Å². The molecule has 64 heavy (non-hydrogen) atoms. The van der Waals surface area contributed by atoms with Gasteiger partial charge in [-0.1, -0.05) is 147 Å². The summed E-state index contributed by atoms with van der Waals surface area (Å²) in [6, 6.07) is 35.6. The molecule has 3 unspecified atom stereocenters. The maximum atomic E-state index is 14.1.